The molecule has 34 heavy (non-hydrogen) atoms. The highest BCUT2D eigenvalue weighted by molar-refractivity contribution is 6.30. The molecule has 3 aromatic carbocycles. The number of rotatable bonds is 7. The summed E-state index contributed by atoms with van der Waals surface area (Å²) in [6.07, 6.45) is -0.00337. The first-order valence-electron chi connectivity index (χ1n) is 11.1. The Morgan fingerprint density at radius 2 is 1.68 bits per heavy atom. The van der Waals surface area contributed by atoms with Crippen LogP contribution in [-0.2, 0) is 27.3 Å². The van der Waals surface area contributed by atoms with Crippen molar-refractivity contribution >= 4 is 29.1 Å². The molecule has 2 heterocycles. The number of fused-ring (bicyclic) bond motifs is 1. The van der Waals surface area contributed by atoms with E-state index in [2.05, 4.69) is 0 Å². The molecule has 3 aromatic rings. The third-order valence-electron chi connectivity index (χ3n) is 6.32. The third-order valence-corrected chi connectivity index (χ3v) is 6.82. The van der Waals surface area contributed by atoms with Crippen LogP contribution in [0.15, 0.2) is 66.7 Å². The Balaban J connectivity index is 1.69. The van der Waals surface area contributed by atoms with Crippen molar-refractivity contribution in [2.24, 2.45) is 0 Å². The molecule has 1 fully saturated rings. The number of amides is 1. The van der Waals surface area contributed by atoms with E-state index in [1.807, 2.05) is 36.4 Å². The molecule has 5 rings (SSSR count). The average Bonchev–Trinajstić information content (AvgIpc) is 3.61. The van der Waals surface area contributed by atoms with Crippen molar-refractivity contribution in [3.63, 3.8) is 0 Å². The summed E-state index contributed by atoms with van der Waals surface area (Å²) < 4.78 is 12.0. The van der Waals surface area contributed by atoms with E-state index in [1.54, 1.807) is 49.1 Å². The lowest BCUT2D eigenvalue weighted by Crippen LogP contribution is -2.47. The molecule has 7 heteroatoms. The highest BCUT2D eigenvalue weighted by atomic mass is 35.5. The van der Waals surface area contributed by atoms with E-state index in [1.165, 1.54) is 0 Å². The van der Waals surface area contributed by atoms with Crippen molar-refractivity contribution in [1.29, 1.82) is 0 Å². The van der Waals surface area contributed by atoms with Crippen molar-refractivity contribution in [2.75, 3.05) is 13.2 Å². The Hall–Kier alpha value is -2.41. The fourth-order valence-corrected chi connectivity index (χ4v) is 4.64. The van der Waals surface area contributed by atoms with Crippen molar-refractivity contribution < 1.29 is 19.4 Å². The molecule has 0 radical (unpaired) electrons. The number of hydrogen-bond donors (Lipinski definition) is 1. The molecule has 176 valence electrons. The smallest absolute Gasteiger partial charge is 0.257 e. The number of aliphatic hydroxyl groups is 1. The summed E-state index contributed by atoms with van der Waals surface area (Å²) in [6.45, 7) is 4.67. The predicted octanol–water partition coefficient (Wildman–Crippen LogP) is 5.49. The second-order valence-corrected chi connectivity index (χ2v) is 10.1. The lowest BCUT2D eigenvalue weighted by Gasteiger charge is -2.39. The fraction of sp³-hybridized carbons (Fsp3) is 0.296. The lowest BCUT2D eigenvalue weighted by atomic mass is 9.89. The summed E-state index contributed by atoms with van der Waals surface area (Å²) in [6, 6.07) is 20.3. The number of hydrogen-bond acceptors (Lipinski definition) is 4. The van der Waals surface area contributed by atoms with E-state index in [-0.39, 0.29) is 12.0 Å². The molecule has 5 nitrogen and oxygen atoms in total. The molecule has 2 aliphatic heterocycles. The van der Waals surface area contributed by atoms with Crippen molar-refractivity contribution in [3.05, 3.63) is 105 Å². The summed E-state index contributed by atoms with van der Waals surface area (Å²) in [5, 5.41) is 11.8. The fourth-order valence-electron chi connectivity index (χ4n) is 4.39. The normalized spacial score (nSPS) is 21.6. The van der Waals surface area contributed by atoms with E-state index < -0.39 is 11.3 Å². The van der Waals surface area contributed by atoms with E-state index in [4.69, 9.17) is 32.7 Å². The minimum Gasteiger partial charge on any atom is -0.386 e. The van der Waals surface area contributed by atoms with Gasteiger partial charge in [0.2, 0.25) is 0 Å². The molecule has 0 saturated carbocycles. The van der Waals surface area contributed by atoms with E-state index in [0.717, 1.165) is 16.7 Å². The molecule has 0 aromatic heterocycles. The first kappa shape index (κ1) is 23.3. The highest BCUT2D eigenvalue weighted by Crippen LogP contribution is 2.47. The predicted molar refractivity (Wildman–Crippen MR) is 131 cm³/mol. The van der Waals surface area contributed by atoms with Gasteiger partial charge in [-0.3, -0.25) is 9.69 Å². The monoisotopic (exact) mass is 497 g/mol. The molecule has 1 amide bonds. The minimum absolute atomic E-state index is 0.00337. The maximum absolute atomic E-state index is 13.9. The van der Waals surface area contributed by atoms with Gasteiger partial charge in [0.05, 0.1) is 18.8 Å². The number of epoxide rings is 1. The number of carbonyl (C=O) groups is 1. The summed E-state index contributed by atoms with van der Waals surface area (Å²) >= 11 is 12.3. The summed E-state index contributed by atoms with van der Waals surface area (Å²) in [5.74, 6) is -0.178. The number of ether oxygens (including phenoxy) is 2. The van der Waals surface area contributed by atoms with Gasteiger partial charge in [0, 0.05) is 33.3 Å². The molecular formula is C27H25Cl2NO4. The number of carbonyl (C=O) groups excluding carboxylic acids is 1. The SMILES string of the molecule is CC(C)(O)c1ccc2c(c1)C(=O)N(Cc1ccc(Cl)cc1)[C@@]2(OCC1CO1)c1ccc(Cl)cc1. The Morgan fingerprint density at radius 1 is 1.06 bits per heavy atom. The molecular weight excluding hydrogens is 473 g/mol. The summed E-state index contributed by atoms with van der Waals surface area (Å²) in [5.41, 5.74) is 1.31. The molecule has 0 spiro atoms. The van der Waals surface area contributed by atoms with E-state index >= 15 is 0 Å². The Bertz CT molecular complexity index is 1220. The van der Waals surface area contributed by atoms with E-state index in [0.29, 0.717) is 40.9 Å². The van der Waals surface area contributed by atoms with Crippen LogP contribution < -0.4 is 0 Å². The summed E-state index contributed by atoms with van der Waals surface area (Å²) in [7, 11) is 0. The van der Waals surface area contributed by atoms with Crippen molar-refractivity contribution in [1.82, 2.24) is 4.90 Å². The Kier molecular flexibility index (Phi) is 5.95. The number of halogens is 2. The topological polar surface area (TPSA) is 62.3 Å². The maximum atomic E-state index is 13.9. The van der Waals surface area contributed by atoms with Gasteiger partial charge in [-0.1, -0.05) is 59.6 Å². The van der Waals surface area contributed by atoms with Gasteiger partial charge in [-0.2, -0.15) is 0 Å². The molecule has 2 aliphatic rings. The second kappa shape index (κ2) is 8.67. The number of benzene rings is 3. The van der Waals surface area contributed by atoms with Crippen LogP contribution in [0.2, 0.25) is 10.0 Å². The molecule has 1 saturated heterocycles. The first-order chi connectivity index (χ1) is 16.2. The molecule has 0 bridgehead atoms. The molecule has 0 aliphatic carbocycles. The maximum Gasteiger partial charge on any atom is 0.257 e. The summed E-state index contributed by atoms with van der Waals surface area (Å²) in [4.78, 5) is 15.7. The van der Waals surface area contributed by atoms with Crippen molar-refractivity contribution in [3.8, 4) is 0 Å². The van der Waals surface area contributed by atoms with Gasteiger partial charge in [0.15, 0.2) is 5.72 Å². The van der Waals surface area contributed by atoms with Crippen LogP contribution in [0, 0.1) is 0 Å². The van der Waals surface area contributed by atoms with Crippen LogP contribution in [0.3, 0.4) is 0 Å². The average molecular weight is 498 g/mol. The Morgan fingerprint density at radius 3 is 2.26 bits per heavy atom. The van der Waals surface area contributed by atoms with Crippen LogP contribution >= 0.6 is 23.2 Å². The van der Waals surface area contributed by atoms with Crippen LogP contribution in [0.1, 0.15) is 46.5 Å². The van der Waals surface area contributed by atoms with E-state index in [9.17, 15) is 9.90 Å². The van der Waals surface area contributed by atoms with Gasteiger partial charge in [0.25, 0.3) is 5.91 Å². The van der Waals surface area contributed by atoms with Gasteiger partial charge >= 0.3 is 0 Å². The number of nitrogens with zero attached hydrogens (tertiary/aromatic N) is 1. The lowest BCUT2D eigenvalue weighted by molar-refractivity contribution is -0.115. The zero-order chi connectivity index (χ0) is 24.1. The van der Waals surface area contributed by atoms with Gasteiger partial charge in [-0.05, 0) is 55.3 Å². The van der Waals surface area contributed by atoms with Crippen LogP contribution in [-0.4, -0.2) is 35.2 Å². The van der Waals surface area contributed by atoms with Crippen LogP contribution in [0.25, 0.3) is 0 Å². The highest BCUT2D eigenvalue weighted by Gasteiger charge is 2.53. The zero-order valence-electron chi connectivity index (χ0n) is 18.9. The second-order valence-electron chi connectivity index (χ2n) is 9.25. The van der Waals surface area contributed by atoms with Gasteiger partial charge < -0.3 is 14.6 Å². The largest absolute Gasteiger partial charge is 0.386 e. The standard InChI is InChI=1S/C27H25Cl2NO4/c1-26(2,32)19-7-12-24-23(13-19)25(31)30(14-17-3-8-20(28)9-4-17)27(24,34-16-22-15-33-22)18-5-10-21(29)11-6-18/h3-13,22,32H,14-16H2,1-2H3/t22?,27-/m1/s1. The van der Waals surface area contributed by atoms with Crippen LogP contribution in [0.5, 0.6) is 0 Å². The van der Waals surface area contributed by atoms with Gasteiger partial charge in [-0.25, -0.2) is 0 Å². The molecule has 2 atom stereocenters. The quantitative estimate of drug-likeness (QED) is 0.438. The van der Waals surface area contributed by atoms with Crippen LogP contribution in [0.4, 0.5) is 0 Å². The van der Waals surface area contributed by atoms with Gasteiger partial charge in [0.1, 0.15) is 6.10 Å². The molecule has 1 unspecified atom stereocenters. The van der Waals surface area contributed by atoms with Crippen molar-refractivity contribution in [2.45, 2.75) is 37.8 Å². The zero-order valence-corrected chi connectivity index (χ0v) is 20.4. The molecule has 1 N–H and O–H groups in total. The Labute approximate surface area is 208 Å². The van der Waals surface area contributed by atoms with Gasteiger partial charge in [-0.15, -0.1) is 0 Å². The first-order valence-corrected chi connectivity index (χ1v) is 11.9. The minimum atomic E-state index is -1.18. The third kappa shape index (κ3) is 4.23.